The first-order valence-electron chi connectivity index (χ1n) is 10.2. The Hall–Kier alpha value is 0. The van der Waals surface area contributed by atoms with Gasteiger partial charge in [-0.15, -0.1) is 0 Å². The van der Waals surface area contributed by atoms with Gasteiger partial charge in [0.05, 0.1) is 0 Å². The number of unbranched alkanes of at least 4 members (excludes halogenated alkanes) is 15. The molecule has 0 aromatic rings. The van der Waals surface area contributed by atoms with Crippen LogP contribution in [0.4, 0.5) is 0 Å². The summed E-state index contributed by atoms with van der Waals surface area (Å²) in [5.74, 6) is 1.42. The molecule has 0 aliphatic heterocycles. The van der Waals surface area contributed by atoms with Crippen LogP contribution in [0.1, 0.15) is 130 Å². The largest absolute Gasteiger partial charge is 0.0654 e. The summed E-state index contributed by atoms with van der Waals surface area (Å²) in [6, 6.07) is 0. The first-order chi connectivity index (χ1) is 10.6. The van der Waals surface area contributed by atoms with Gasteiger partial charge in [0.15, 0.2) is 0 Å². The average Bonchev–Trinajstić information content (AvgIpc) is 2.47. The van der Waals surface area contributed by atoms with E-state index in [9.17, 15) is 0 Å². The van der Waals surface area contributed by atoms with E-state index in [1.807, 2.05) is 0 Å². The smallest absolute Gasteiger partial charge is 0.0334 e. The Morgan fingerprint density at radius 3 is 0.955 bits per heavy atom. The SMILES string of the molecule is C[C](C)C.[CH2]CCCCCCCCCCCCCCCCC. The van der Waals surface area contributed by atoms with Crippen molar-refractivity contribution in [2.45, 2.75) is 130 Å². The molecule has 0 aliphatic carbocycles. The predicted octanol–water partition coefficient (Wildman–Crippen LogP) is 8.70. The van der Waals surface area contributed by atoms with Crippen molar-refractivity contribution < 1.29 is 0 Å². The monoisotopic (exact) mass is 310 g/mol. The maximum Gasteiger partial charge on any atom is -0.0334 e. The van der Waals surface area contributed by atoms with Gasteiger partial charge < -0.3 is 0 Å². The molecule has 0 aromatic heterocycles. The molecule has 0 saturated carbocycles. The summed E-state index contributed by atoms with van der Waals surface area (Å²) in [6.07, 6.45) is 22.8. The summed E-state index contributed by atoms with van der Waals surface area (Å²) in [4.78, 5) is 0. The first kappa shape index (κ1) is 24.3. The van der Waals surface area contributed by atoms with E-state index in [0.29, 0.717) is 0 Å². The summed E-state index contributed by atoms with van der Waals surface area (Å²) < 4.78 is 0. The van der Waals surface area contributed by atoms with Crippen molar-refractivity contribution in [2.24, 2.45) is 0 Å². The molecular formula is C22H46. The Bertz CT molecular complexity index is 141. The van der Waals surface area contributed by atoms with E-state index >= 15 is 0 Å². The van der Waals surface area contributed by atoms with E-state index in [4.69, 9.17) is 0 Å². The lowest BCUT2D eigenvalue weighted by Crippen LogP contribution is -1.83. The topological polar surface area (TPSA) is 0 Å². The molecule has 0 aliphatic rings. The lowest BCUT2D eigenvalue weighted by Gasteiger charge is -2.03. The predicted molar refractivity (Wildman–Crippen MR) is 105 cm³/mol. The molecule has 0 bridgehead atoms. The highest BCUT2D eigenvalue weighted by Crippen LogP contribution is 2.13. The minimum atomic E-state index is 1.12. The van der Waals surface area contributed by atoms with Gasteiger partial charge >= 0.3 is 0 Å². The molecule has 0 fully saturated rings. The van der Waals surface area contributed by atoms with E-state index in [0.717, 1.165) is 6.42 Å². The van der Waals surface area contributed by atoms with Crippen LogP contribution in [0, 0.1) is 12.8 Å². The van der Waals surface area contributed by atoms with Crippen molar-refractivity contribution in [2.75, 3.05) is 0 Å². The molecule has 22 heavy (non-hydrogen) atoms. The van der Waals surface area contributed by atoms with Crippen LogP contribution in [-0.2, 0) is 0 Å². The zero-order valence-electron chi connectivity index (χ0n) is 16.5. The Morgan fingerprint density at radius 1 is 0.500 bits per heavy atom. The molecule has 0 N–H and O–H groups in total. The van der Waals surface area contributed by atoms with Crippen LogP contribution in [0.2, 0.25) is 0 Å². The third-order valence-electron chi connectivity index (χ3n) is 3.85. The Morgan fingerprint density at radius 2 is 0.727 bits per heavy atom. The second-order valence-corrected chi connectivity index (χ2v) is 7.30. The van der Waals surface area contributed by atoms with Crippen LogP contribution in [0.15, 0.2) is 0 Å². The zero-order chi connectivity index (χ0) is 16.9. The quantitative estimate of drug-likeness (QED) is 0.265. The molecule has 0 unspecified atom stereocenters. The molecule has 0 nitrogen and oxygen atoms in total. The van der Waals surface area contributed by atoms with E-state index in [1.165, 1.54) is 102 Å². The number of rotatable bonds is 15. The van der Waals surface area contributed by atoms with Crippen LogP contribution in [0.25, 0.3) is 0 Å². The second-order valence-electron chi connectivity index (χ2n) is 7.30. The lowest BCUT2D eigenvalue weighted by atomic mass is 10.0. The van der Waals surface area contributed by atoms with Gasteiger partial charge in [0.2, 0.25) is 0 Å². The van der Waals surface area contributed by atoms with Gasteiger partial charge in [0.1, 0.15) is 0 Å². The third-order valence-corrected chi connectivity index (χ3v) is 3.85. The Kier molecular flexibility index (Phi) is 25.7. The van der Waals surface area contributed by atoms with Gasteiger partial charge in [-0.2, -0.15) is 0 Å². The van der Waals surface area contributed by atoms with Crippen LogP contribution >= 0.6 is 0 Å². The maximum absolute atomic E-state index is 3.88. The van der Waals surface area contributed by atoms with Crippen LogP contribution < -0.4 is 0 Å². The van der Waals surface area contributed by atoms with Gasteiger partial charge in [-0.25, -0.2) is 0 Å². The molecule has 2 radical (unpaired) electrons. The molecule has 0 aromatic carbocycles. The van der Waals surface area contributed by atoms with Crippen molar-refractivity contribution >= 4 is 0 Å². The van der Waals surface area contributed by atoms with Crippen molar-refractivity contribution in [3.05, 3.63) is 12.8 Å². The molecule has 0 amide bonds. The zero-order valence-corrected chi connectivity index (χ0v) is 16.5. The molecule has 0 rings (SSSR count). The fraction of sp³-hybridized carbons (Fsp3) is 0.909. The minimum Gasteiger partial charge on any atom is -0.0654 e. The molecule has 134 valence electrons. The molecular weight excluding hydrogens is 264 g/mol. The van der Waals surface area contributed by atoms with Crippen molar-refractivity contribution in [1.82, 2.24) is 0 Å². The summed E-state index contributed by atoms with van der Waals surface area (Å²) in [5, 5.41) is 0. The van der Waals surface area contributed by atoms with E-state index in [2.05, 4.69) is 34.6 Å². The van der Waals surface area contributed by atoms with Gasteiger partial charge in [-0.1, -0.05) is 137 Å². The molecule has 0 atom stereocenters. The van der Waals surface area contributed by atoms with Gasteiger partial charge in [0, 0.05) is 0 Å². The fourth-order valence-electron chi connectivity index (χ4n) is 2.55. The maximum atomic E-state index is 3.88. The summed E-state index contributed by atoms with van der Waals surface area (Å²) >= 11 is 0. The minimum absolute atomic E-state index is 1.12. The molecule has 0 spiro atoms. The van der Waals surface area contributed by atoms with Crippen molar-refractivity contribution in [3.63, 3.8) is 0 Å². The van der Waals surface area contributed by atoms with Crippen LogP contribution in [0.5, 0.6) is 0 Å². The molecule has 0 saturated heterocycles. The van der Waals surface area contributed by atoms with E-state index in [1.54, 1.807) is 0 Å². The average molecular weight is 311 g/mol. The fourth-order valence-corrected chi connectivity index (χ4v) is 2.55. The second kappa shape index (κ2) is 23.3. The highest BCUT2D eigenvalue weighted by atomic mass is 14.0. The first-order valence-corrected chi connectivity index (χ1v) is 10.2. The molecule has 0 heterocycles. The lowest BCUT2D eigenvalue weighted by molar-refractivity contribution is 0.533. The Balaban J connectivity index is 0. The van der Waals surface area contributed by atoms with Gasteiger partial charge in [-0.05, 0) is 5.92 Å². The van der Waals surface area contributed by atoms with Crippen molar-refractivity contribution in [1.29, 1.82) is 0 Å². The van der Waals surface area contributed by atoms with E-state index < -0.39 is 0 Å². The van der Waals surface area contributed by atoms with E-state index in [-0.39, 0.29) is 0 Å². The summed E-state index contributed by atoms with van der Waals surface area (Å²) in [5.41, 5.74) is 0. The molecule has 0 heteroatoms. The third kappa shape index (κ3) is 32.1. The van der Waals surface area contributed by atoms with Crippen molar-refractivity contribution in [3.8, 4) is 0 Å². The van der Waals surface area contributed by atoms with Gasteiger partial charge in [-0.3, -0.25) is 0 Å². The number of hydrogen-bond acceptors (Lipinski definition) is 0. The highest BCUT2D eigenvalue weighted by Gasteiger charge is 1.93. The summed E-state index contributed by atoms with van der Waals surface area (Å²) in [7, 11) is 0. The number of hydrogen-bond donors (Lipinski definition) is 0. The van der Waals surface area contributed by atoms with Gasteiger partial charge in [0.25, 0.3) is 0 Å². The highest BCUT2D eigenvalue weighted by molar-refractivity contribution is 4.65. The standard InChI is InChI=1S/C18H37.C4H9/c1-3-5-7-9-11-13-15-17-18-16-14-12-10-8-6-4-2;1-4(2)3/h1,3-18H2,2H3;1-3H3. The normalized spacial score (nSPS) is 10.6. The Labute approximate surface area is 143 Å². The van der Waals surface area contributed by atoms with Crippen LogP contribution in [0.3, 0.4) is 0 Å². The van der Waals surface area contributed by atoms with Crippen LogP contribution in [-0.4, -0.2) is 0 Å². The summed E-state index contributed by atoms with van der Waals surface area (Å²) in [6.45, 7) is 12.4.